The molecule has 0 radical (unpaired) electrons. The van der Waals surface area contributed by atoms with Crippen LogP contribution in [0.1, 0.15) is 27.7 Å². The average molecular weight is 290 g/mol. The fourth-order valence-corrected chi connectivity index (χ4v) is 2.62. The van der Waals surface area contributed by atoms with E-state index in [0.29, 0.717) is 12.3 Å². The van der Waals surface area contributed by atoms with Gasteiger partial charge in [-0.15, -0.1) is 0 Å². The predicted molar refractivity (Wildman–Crippen MR) is 81.4 cm³/mol. The van der Waals surface area contributed by atoms with Crippen molar-refractivity contribution in [3.63, 3.8) is 0 Å². The molecule has 0 aliphatic carbocycles. The molecule has 114 valence electrons. The third-order valence-corrected chi connectivity index (χ3v) is 3.50. The molecule has 0 saturated heterocycles. The van der Waals surface area contributed by atoms with Crippen LogP contribution in [0.25, 0.3) is 0 Å². The van der Waals surface area contributed by atoms with Crippen LogP contribution in [-0.4, -0.2) is 41.9 Å². The summed E-state index contributed by atoms with van der Waals surface area (Å²) in [6.45, 7) is 8.90. The molecule has 1 aliphatic rings. The van der Waals surface area contributed by atoms with Crippen LogP contribution in [-0.2, 0) is 9.59 Å². The summed E-state index contributed by atoms with van der Waals surface area (Å²) in [7, 11) is 0. The summed E-state index contributed by atoms with van der Waals surface area (Å²) in [6.07, 6.45) is 0. The van der Waals surface area contributed by atoms with Crippen LogP contribution in [0, 0.1) is 0 Å². The van der Waals surface area contributed by atoms with Gasteiger partial charge >= 0.3 is 5.97 Å². The second-order valence-corrected chi connectivity index (χ2v) is 6.11. The SMILES string of the molecule is CCN(C(=O)CN1CC(=O)Oc2ccccc21)C(C)(C)C. The second kappa shape index (κ2) is 5.76. The number of para-hydroxylation sites is 2. The van der Waals surface area contributed by atoms with Gasteiger partial charge in [-0.05, 0) is 39.8 Å². The van der Waals surface area contributed by atoms with Crippen molar-refractivity contribution in [1.82, 2.24) is 4.90 Å². The highest BCUT2D eigenvalue weighted by atomic mass is 16.5. The highest BCUT2D eigenvalue weighted by molar-refractivity contribution is 5.89. The quantitative estimate of drug-likeness (QED) is 0.631. The van der Waals surface area contributed by atoms with E-state index in [1.165, 1.54) is 0 Å². The molecule has 5 nitrogen and oxygen atoms in total. The molecule has 1 aliphatic heterocycles. The summed E-state index contributed by atoms with van der Waals surface area (Å²) < 4.78 is 5.19. The fraction of sp³-hybridized carbons (Fsp3) is 0.500. The van der Waals surface area contributed by atoms with Gasteiger partial charge in [0.15, 0.2) is 5.75 Å². The zero-order chi connectivity index (χ0) is 15.6. The van der Waals surface area contributed by atoms with E-state index < -0.39 is 0 Å². The monoisotopic (exact) mass is 290 g/mol. The third kappa shape index (κ3) is 3.35. The van der Waals surface area contributed by atoms with Crippen LogP contribution in [0.2, 0.25) is 0 Å². The number of esters is 1. The lowest BCUT2D eigenvalue weighted by Crippen LogP contribution is -2.51. The van der Waals surface area contributed by atoms with Crippen LogP contribution in [0.3, 0.4) is 0 Å². The molecule has 1 aromatic rings. The Labute approximate surface area is 125 Å². The Morgan fingerprint density at radius 2 is 2.00 bits per heavy atom. The van der Waals surface area contributed by atoms with Crippen molar-refractivity contribution in [2.24, 2.45) is 0 Å². The van der Waals surface area contributed by atoms with Gasteiger partial charge in [-0.2, -0.15) is 0 Å². The van der Waals surface area contributed by atoms with Gasteiger partial charge in [0.05, 0.1) is 12.2 Å². The van der Waals surface area contributed by atoms with Crippen molar-refractivity contribution in [3.05, 3.63) is 24.3 Å². The van der Waals surface area contributed by atoms with Crippen molar-refractivity contribution >= 4 is 17.6 Å². The molecule has 21 heavy (non-hydrogen) atoms. The minimum atomic E-state index is -0.333. The summed E-state index contributed by atoms with van der Waals surface area (Å²) in [5.41, 5.74) is 0.553. The Balaban J connectivity index is 2.20. The van der Waals surface area contributed by atoms with Crippen LogP contribution < -0.4 is 9.64 Å². The van der Waals surface area contributed by atoms with E-state index in [-0.39, 0.29) is 30.5 Å². The fourth-order valence-electron chi connectivity index (χ4n) is 2.62. The van der Waals surface area contributed by atoms with E-state index in [9.17, 15) is 9.59 Å². The zero-order valence-corrected chi connectivity index (χ0v) is 13.0. The number of rotatable bonds is 3. The lowest BCUT2D eigenvalue weighted by Gasteiger charge is -2.37. The number of carbonyl (C=O) groups is 2. The first kappa shape index (κ1) is 15.4. The Morgan fingerprint density at radius 1 is 1.33 bits per heavy atom. The summed E-state index contributed by atoms with van der Waals surface area (Å²) in [4.78, 5) is 27.8. The molecule has 0 atom stereocenters. The normalized spacial score (nSPS) is 14.5. The standard InChI is InChI=1S/C16H22N2O3/c1-5-18(16(2,3)4)14(19)10-17-11-15(20)21-13-9-7-6-8-12(13)17/h6-9H,5,10-11H2,1-4H3. The Kier molecular flexibility index (Phi) is 4.21. The number of hydrogen-bond donors (Lipinski definition) is 0. The predicted octanol–water partition coefficient (Wildman–Crippen LogP) is 2.06. The molecular formula is C16H22N2O3. The molecule has 0 N–H and O–H groups in total. The smallest absolute Gasteiger partial charge is 0.331 e. The number of nitrogens with zero attached hydrogens (tertiary/aromatic N) is 2. The number of amides is 1. The van der Waals surface area contributed by atoms with Gasteiger partial charge in [-0.1, -0.05) is 12.1 Å². The Hall–Kier alpha value is -2.04. The van der Waals surface area contributed by atoms with E-state index in [1.807, 2.05) is 50.8 Å². The maximum Gasteiger partial charge on any atom is 0.331 e. The van der Waals surface area contributed by atoms with Crippen molar-refractivity contribution < 1.29 is 14.3 Å². The summed E-state index contributed by atoms with van der Waals surface area (Å²) in [6, 6.07) is 7.29. The minimum absolute atomic E-state index is 0.00880. The lowest BCUT2D eigenvalue weighted by molar-refractivity contribution is -0.135. The summed E-state index contributed by atoms with van der Waals surface area (Å²) >= 11 is 0. The maximum absolute atomic E-state index is 12.5. The first-order chi connectivity index (χ1) is 9.82. The maximum atomic E-state index is 12.5. The van der Waals surface area contributed by atoms with Gasteiger partial charge in [0.25, 0.3) is 0 Å². The first-order valence-electron chi connectivity index (χ1n) is 7.18. The number of hydrogen-bond acceptors (Lipinski definition) is 4. The van der Waals surface area contributed by atoms with E-state index in [0.717, 1.165) is 5.69 Å². The van der Waals surface area contributed by atoms with Gasteiger partial charge in [0, 0.05) is 12.1 Å². The number of carbonyl (C=O) groups excluding carboxylic acids is 2. The van der Waals surface area contributed by atoms with Crippen LogP contribution in [0.15, 0.2) is 24.3 Å². The average Bonchev–Trinajstić information content (AvgIpc) is 2.37. The van der Waals surface area contributed by atoms with Crippen LogP contribution in [0.5, 0.6) is 5.75 Å². The second-order valence-electron chi connectivity index (χ2n) is 6.11. The zero-order valence-electron chi connectivity index (χ0n) is 13.0. The molecular weight excluding hydrogens is 268 g/mol. The molecule has 0 fully saturated rings. The van der Waals surface area contributed by atoms with Gasteiger partial charge in [-0.25, -0.2) is 4.79 Å². The molecule has 0 aromatic heterocycles. The van der Waals surface area contributed by atoms with Crippen molar-refractivity contribution in [2.75, 3.05) is 24.5 Å². The molecule has 5 heteroatoms. The highest BCUT2D eigenvalue weighted by Crippen LogP contribution is 2.31. The molecule has 1 aromatic carbocycles. The van der Waals surface area contributed by atoms with Crippen molar-refractivity contribution in [1.29, 1.82) is 0 Å². The summed E-state index contributed by atoms with van der Waals surface area (Å²) in [5.74, 6) is 0.190. The Morgan fingerprint density at radius 3 is 2.62 bits per heavy atom. The molecule has 0 unspecified atom stereocenters. The number of benzene rings is 1. The molecule has 2 rings (SSSR count). The van der Waals surface area contributed by atoms with Crippen LogP contribution in [0.4, 0.5) is 5.69 Å². The molecule has 1 heterocycles. The minimum Gasteiger partial charge on any atom is -0.423 e. The van der Waals surface area contributed by atoms with Crippen molar-refractivity contribution in [2.45, 2.75) is 33.2 Å². The Bertz CT molecular complexity index is 549. The van der Waals surface area contributed by atoms with E-state index >= 15 is 0 Å². The van der Waals surface area contributed by atoms with Gasteiger partial charge in [0.1, 0.15) is 6.54 Å². The third-order valence-electron chi connectivity index (χ3n) is 3.50. The van der Waals surface area contributed by atoms with E-state index in [1.54, 1.807) is 11.0 Å². The van der Waals surface area contributed by atoms with Gasteiger partial charge in [-0.3, -0.25) is 4.79 Å². The van der Waals surface area contributed by atoms with E-state index in [2.05, 4.69) is 0 Å². The number of fused-ring (bicyclic) bond motifs is 1. The summed E-state index contributed by atoms with van der Waals surface area (Å²) in [5, 5.41) is 0. The number of ether oxygens (including phenoxy) is 1. The highest BCUT2D eigenvalue weighted by Gasteiger charge is 2.30. The van der Waals surface area contributed by atoms with Gasteiger partial charge in [0.2, 0.25) is 5.91 Å². The van der Waals surface area contributed by atoms with E-state index in [4.69, 9.17) is 4.74 Å². The molecule has 0 spiro atoms. The molecule has 0 bridgehead atoms. The molecule has 1 amide bonds. The van der Waals surface area contributed by atoms with Gasteiger partial charge < -0.3 is 14.5 Å². The van der Waals surface area contributed by atoms with Crippen LogP contribution >= 0.6 is 0 Å². The topological polar surface area (TPSA) is 49.9 Å². The number of anilines is 1. The number of likely N-dealkylation sites (N-methyl/N-ethyl adjacent to an activating group) is 1. The first-order valence-corrected chi connectivity index (χ1v) is 7.18. The largest absolute Gasteiger partial charge is 0.423 e. The van der Waals surface area contributed by atoms with Crippen molar-refractivity contribution in [3.8, 4) is 5.75 Å². The lowest BCUT2D eigenvalue weighted by atomic mass is 10.1. The molecule has 0 saturated carbocycles.